The summed E-state index contributed by atoms with van der Waals surface area (Å²) in [4.78, 5) is 12.3. The quantitative estimate of drug-likeness (QED) is 0.379. The van der Waals surface area contributed by atoms with Gasteiger partial charge in [-0.05, 0) is 49.9 Å². The van der Waals surface area contributed by atoms with Crippen LogP contribution in [0.4, 0.5) is 0 Å². The number of esters is 1. The Kier molecular flexibility index (Phi) is 6.92. The predicted octanol–water partition coefficient (Wildman–Crippen LogP) is 0.265. The van der Waals surface area contributed by atoms with Crippen molar-refractivity contribution in [1.29, 1.82) is 0 Å². The van der Waals surface area contributed by atoms with Gasteiger partial charge in [-0.2, -0.15) is 0 Å². The van der Waals surface area contributed by atoms with Gasteiger partial charge in [0.25, 0.3) is 0 Å². The number of hydrogen-bond acceptors (Lipinski definition) is 3. The number of quaternary nitrogens is 1. The third kappa shape index (κ3) is 4.23. The van der Waals surface area contributed by atoms with Crippen molar-refractivity contribution in [2.24, 2.45) is 5.92 Å². The smallest absolute Gasteiger partial charge is 0.338 e. The van der Waals surface area contributed by atoms with E-state index in [0.29, 0.717) is 24.1 Å². The fourth-order valence-corrected chi connectivity index (χ4v) is 4.42. The van der Waals surface area contributed by atoms with Crippen LogP contribution in [0.2, 0.25) is 0 Å². The second-order valence-electron chi connectivity index (χ2n) is 7.22. The van der Waals surface area contributed by atoms with E-state index in [1.54, 1.807) is 31.4 Å². The molecule has 3 rings (SSSR count). The van der Waals surface area contributed by atoms with Gasteiger partial charge in [-0.15, -0.1) is 0 Å². The normalized spacial score (nSPS) is 29.1. The van der Waals surface area contributed by atoms with Crippen LogP contribution >= 0.6 is 0 Å². The summed E-state index contributed by atoms with van der Waals surface area (Å²) in [6.45, 7) is 3.13. The lowest BCUT2D eigenvalue weighted by Gasteiger charge is -2.51. The molecule has 3 atom stereocenters. The maximum absolute atomic E-state index is 12.3. The number of hydrogen-bond donors (Lipinski definition) is 0. The van der Waals surface area contributed by atoms with E-state index >= 15 is 0 Å². The first-order valence-electron chi connectivity index (χ1n) is 8.78. The molecule has 0 aromatic heterocycles. The largest absolute Gasteiger partial charge is 1.00 e. The monoisotopic (exact) mass is 445 g/mol. The SMILES string of the molecule is COc1ccc(C(=O)OC[C@@H]2CCC[N+]3(C)CCCC[C@H]23)cc1.[I-]. The fourth-order valence-electron chi connectivity index (χ4n) is 4.42. The van der Waals surface area contributed by atoms with Gasteiger partial charge < -0.3 is 37.9 Å². The third-order valence-electron chi connectivity index (χ3n) is 5.76. The van der Waals surface area contributed by atoms with Crippen LogP contribution in [0.1, 0.15) is 42.5 Å². The summed E-state index contributed by atoms with van der Waals surface area (Å²) in [5.41, 5.74) is 0.600. The zero-order chi connectivity index (χ0) is 16.3. The van der Waals surface area contributed by atoms with Crippen LogP contribution in [0.15, 0.2) is 24.3 Å². The molecule has 0 spiro atoms. The lowest BCUT2D eigenvalue weighted by atomic mass is 9.82. The van der Waals surface area contributed by atoms with Crippen molar-refractivity contribution in [1.82, 2.24) is 0 Å². The number of methoxy groups -OCH3 is 1. The molecule has 0 saturated carbocycles. The van der Waals surface area contributed by atoms with Crippen molar-refractivity contribution in [3.05, 3.63) is 29.8 Å². The van der Waals surface area contributed by atoms with E-state index in [1.807, 2.05) is 0 Å². The second kappa shape index (κ2) is 8.52. The van der Waals surface area contributed by atoms with Crippen LogP contribution in [0, 0.1) is 5.92 Å². The lowest BCUT2D eigenvalue weighted by molar-refractivity contribution is -0.947. The van der Waals surface area contributed by atoms with Crippen LogP contribution in [0.25, 0.3) is 0 Å². The number of ether oxygens (including phenoxy) is 2. The summed E-state index contributed by atoms with van der Waals surface area (Å²) >= 11 is 0. The minimum atomic E-state index is -0.219. The number of nitrogens with zero attached hydrogens (tertiary/aromatic N) is 1. The molecule has 1 aromatic rings. The summed E-state index contributed by atoms with van der Waals surface area (Å²) in [5, 5.41) is 0. The van der Waals surface area contributed by atoms with E-state index in [4.69, 9.17) is 9.47 Å². The van der Waals surface area contributed by atoms with Crippen LogP contribution < -0.4 is 28.7 Å². The van der Waals surface area contributed by atoms with Gasteiger partial charge in [-0.3, -0.25) is 0 Å². The summed E-state index contributed by atoms with van der Waals surface area (Å²) in [7, 11) is 4.01. The molecule has 0 radical (unpaired) electrons. The van der Waals surface area contributed by atoms with Gasteiger partial charge in [0.05, 0.1) is 38.9 Å². The molecule has 0 amide bonds. The van der Waals surface area contributed by atoms with Gasteiger partial charge in [0.2, 0.25) is 0 Å². The lowest BCUT2D eigenvalue weighted by Crippen LogP contribution is -3.00. The summed E-state index contributed by atoms with van der Waals surface area (Å²) in [6.07, 6.45) is 6.38. The van der Waals surface area contributed by atoms with E-state index in [2.05, 4.69) is 7.05 Å². The van der Waals surface area contributed by atoms with E-state index in [0.717, 1.165) is 5.75 Å². The Morgan fingerprint density at radius 2 is 1.83 bits per heavy atom. The molecule has 24 heavy (non-hydrogen) atoms. The van der Waals surface area contributed by atoms with E-state index in [1.165, 1.54) is 49.7 Å². The summed E-state index contributed by atoms with van der Waals surface area (Å²) < 4.78 is 12.0. The zero-order valence-corrected chi connectivity index (χ0v) is 16.8. The topological polar surface area (TPSA) is 35.5 Å². The average Bonchev–Trinajstić information content (AvgIpc) is 2.59. The van der Waals surface area contributed by atoms with E-state index in [-0.39, 0.29) is 29.9 Å². The molecule has 1 unspecified atom stereocenters. The second-order valence-corrected chi connectivity index (χ2v) is 7.22. The molecule has 2 aliphatic heterocycles. The van der Waals surface area contributed by atoms with Gasteiger partial charge in [0.1, 0.15) is 12.4 Å². The van der Waals surface area contributed by atoms with Crippen LogP contribution in [0.5, 0.6) is 5.75 Å². The molecule has 2 heterocycles. The Hall–Kier alpha value is -0.820. The highest BCUT2D eigenvalue weighted by Gasteiger charge is 2.43. The minimum Gasteiger partial charge on any atom is -1.00 e. The first-order valence-corrected chi connectivity index (χ1v) is 8.78. The van der Waals surface area contributed by atoms with Crippen molar-refractivity contribution in [2.75, 3.05) is 33.9 Å². The molecule has 0 bridgehead atoms. The van der Waals surface area contributed by atoms with Crippen molar-refractivity contribution in [3.8, 4) is 5.75 Å². The highest BCUT2D eigenvalue weighted by atomic mass is 127. The van der Waals surface area contributed by atoms with Crippen LogP contribution in [-0.4, -0.2) is 50.3 Å². The van der Waals surface area contributed by atoms with Crippen LogP contribution in [-0.2, 0) is 4.74 Å². The Bertz CT molecular complexity index is 544. The first-order chi connectivity index (χ1) is 11.1. The molecule has 2 fully saturated rings. The Morgan fingerprint density at radius 3 is 2.54 bits per heavy atom. The number of benzene rings is 1. The predicted molar refractivity (Wildman–Crippen MR) is 89.6 cm³/mol. The minimum absolute atomic E-state index is 0. The maximum atomic E-state index is 12.3. The van der Waals surface area contributed by atoms with Crippen molar-refractivity contribution in [3.63, 3.8) is 0 Å². The first kappa shape index (κ1) is 19.5. The molecular formula is C19H28INO3. The standard InChI is InChI=1S/C19H28NO3.HI/c1-20-12-4-3-7-18(20)16(6-5-13-20)14-23-19(21)15-8-10-17(22-2)11-9-15;/h8-11,16,18H,3-7,12-14H2,1-2H3;1H/q+1;/p-1/t16-,18+,20?;/m0./s1. The van der Waals surface area contributed by atoms with Gasteiger partial charge >= 0.3 is 5.97 Å². The molecule has 1 aromatic carbocycles. The van der Waals surface area contributed by atoms with Crippen LogP contribution in [0.3, 0.4) is 0 Å². The number of piperidine rings is 2. The van der Waals surface area contributed by atoms with Gasteiger partial charge in [0, 0.05) is 12.3 Å². The Morgan fingerprint density at radius 1 is 1.12 bits per heavy atom. The summed E-state index contributed by atoms with van der Waals surface area (Å²) in [6, 6.07) is 7.80. The molecule has 2 saturated heterocycles. The van der Waals surface area contributed by atoms with Crippen molar-refractivity contribution < 1.29 is 42.7 Å². The Balaban J connectivity index is 0.00000208. The average molecular weight is 445 g/mol. The summed E-state index contributed by atoms with van der Waals surface area (Å²) in [5.74, 6) is 1.04. The van der Waals surface area contributed by atoms with E-state index in [9.17, 15) is 4.79 Å². The van der Waals surface area contributed by atoms with Crippen molar-refractivity contribution in [2.45, 2.75) is 38.1 Å². The maximum Gasteiger partial charge on any atom is 0.338 e. The molecular weight excluding hydrogens is 417 g/mol. The fraction of sp³-hybridized carbons (Fsp3) is 0.632. The zero-order valence-electron chi connectivity index (χ0n) is 14.7. The molecule has 4 nitrogen and oxygen atoms in total. The molecule has 134 valence electrons. The van der Waals surface area contributed by atoms with Gasteiger partial charge in [0.15, 0.2) is 0 Å². The molecule has 2 aliphatic rings. The molecule has 0 N–H and O–H groups in total. The number of carbonyl (C=O) groups is 1. The number of halogens is 1. The van der Waals surface area contributed by atoms with Crippen molar-refractivity contribution >= 4 is 5.97 Å². The third-order valence-corrected chi connectivity index (χ3v) is 5.76. The highest BCUT2D eigenvalue weighted by molar-refractivity contribution is 5.89. The van der Waals surface area contributed by atoms with Gasteiger partial charge in [-0.1, -0.05) is 0 Å². The number of fused-ring (bicyclic) bond motifs is 1. The molecule has 0 aliphatic carbocycles. The van der Waals surface area contributed by atoms with E-state index < -0.39 is 0 Å². The highest BCUT2D eigenvalue weighted by Crippen LogP contribution is 2.36. The van der Waals surface area contributed by atoms with Gasteiger partial charge in [-0.25, -0.2) is 4.79 Å². The Labute approximate surface area is 162 Å². The number of rotatable bonds is 4. The number of carbonyl (C=O) groups excluding carboxylic acids is 1. The molecule has 5 heteroatoms.